The lowest BCUT2D eigenvalue weighted by atomic mass is 9.89. The molecule has 0 atom stereocenters. The molecule has 0 heterocycles. The van der Waals surface area contributed by atoms with Gasteiger partial charge in [-0.1, -0.05) is 32.6 Å². The van der Waals surface area contributed by atoms with Crippen LogP contribution < -0.4 is 4.98 Å². The van der Waals surface area contributed by atoms with Gasteiger partial charge >= 0.3 is 0 Å². The van der Waals surface area contributed by atoms with Crippen molar-refractivity contribution in [3.63, 3.8) is 0 Å². The lowest BCUT2D eigenvalue weighted by Crippen LogP contribution is -2.35. The van der Waals surface area contributed by atoms with E-state index in [4.69, 9.17) is 4.43 Å². The number of rotatable bonds is 6. The third kappa shape index (κ3) is 3.31. The van der Waals surface area contributed by atoms with Crippen molar-refractivity contribution >= 4 is 9.92 Å². The SMILES string of the molecule is CCN[SiH2]OC(C1CCCC1)C1CCCC1. The van der Waals surface area contributed by atoms with Crippen LogP contribution in [-0.2, 0) is 4.43 Å². The first kappa shape index (κ1) is 12.6. The van der Waals surface area contributed by atoms with E-state index in [9.17, 15) is 0 Å². The predicted octanol–water partition coefficient (Wildman–Crippen LogP) is 2.36. The fourth-order valence-corrected chi connectivity index (χ4v) is 4.54. The summed E-state index contributed by atoms with van der Waals surface area (Å²) in [6, 6.07) is 0. The van der Waals surface area contributed by atoms with Crippen molar-refractivity contribution in [2.45, 2.75) is 64.4 Å². The van der Waals surface area contributed by atoms with Gasteiger partial charge in [0.05, 0.1) is 6.10 Å². The first-order valence-corrected chi connectivity index (χ1v) is 8.52. The lowest BCUT2D eigenvalue weighted by Gasteiger charge is -2.29. The van der Waals surface area contributed by atoms with Gasteiger partial charge in [-0.3, -0.25) is 0 Å². The highest BCUT2D eigenvalue weighted by Gasteiger charge is 2.33. The van der Waals surface area contributed by atoms with Crippen LogP contribution in [0.3, 0.4) is 0 Å². The molecule has 0 aromatic carbocycles. The highest BCUT2D eigenvalue weighted by Crippen LogP contribution is 2.38. The van der Waals surface area contributed by atoms with Crippen molar-refractivity contribution in [1.29, 1.82) is 0 Å². The first-order valence-electron chi connectivity index (χ1n) is 7.24. The van der Waals surface area contributed by atoms with Crippen LogP contribution in [0, 0.1) is 11.8 Å². The Labute approximate surface area is 103 Å². The first-order chi connectivity index (χ1) is 7.92. The van der Waals surface area contributed by atoms with Gasteiger partial charge in [0.1, 0.15) is 0 Å². The molecule has 2 rings (SSSR count). The Morgan fingerprint density at radius 3 is 2.00 bits per heavy atom. The van der Waals surface area contributed by atoms with Crippen molar-refractivity contribution in [3.8, 4) is 0 Å². The molecule has 2 nitrogen and oxygen atoms in total. The summed E-state index contributed by atoms with van der Waals surface area (Å²) in [5, 5.41) is 0. The van der Waals surface area contributed by atoms with E-state index in [1.54, 1.807) is 0 Å². The molecule has 2 aliphatic rings. The zero-order valence-corrected chi connectivity index (χ0v) is 12.1. The molecule has 1 N–H and O–H groups in total. The summed E-state index contributed by atoms with van der Waals surface area (Å²) in [7, 11) is -0.453. The van der Waals surface area contributed by atoms with Crippen LogP contribution >= 0.6 is 0 Å². The number of nitrogens with one attached hydrogen (secondary N) is 1. The van der Waals surface area contributed by atoms with E-state index in [1.807, 2.05) is 0 Å². The van der Waals surface area contributed by atoms with Gasteiger partial charge in [0.2, 0.25) is 9.92 Å². The fraction of sp³-hybridized carbons (Fsp3) is 1.00. The molecule has 0 amide bonds. The molecule has 0 aromatic rings. The highest BCUT2D eigenvalue weighted by molar-refractivity contribution is 6.23. The quantitative estimate of drug-likeness (QED) is 0.569. The van der Waals surface area contributed by atoms with Crippen molar-refractivity contribution in [3.05, 3.63) is 0 Å². The van der Waals surface area contributed by atoms with Crippen LogP contribution in [0.1, 0.15) is 58.3 Å². The smallest absolute Gasteiger partial charge is 0.236 e. The van der Waals surface area contributed by atoms with E-state index in [-0.39, 0.29) is 0 Å². The normalized spacial score (nSPS) is 24.4. The molecule has 94 valence electrons. The van der Waals surface area contributed by atoms with Crippen LogP contribution in [0.4, 0.5) is 0 Å². The molecule has 0 radical (unpaired) electrons. The molecule has 0 aromatic heterocycles. The van der Waals surface area contributed by atoms with E-state index < -0.39 is 9.92 Å². The fourth-order valence-electron chi connectivity index (χ4n) is 3.49. The van der Waals surface area contributed by atoms with Gasteiger partial charge in [0.15, 0.2) is 0 Å². The molecule has 0 bridgehead atoms. The largest absolute Gasteiger partial charge is 0.405 e. The minimum absolute atomic E-state index is 0.453. The van der Waals surface area contributed by atoms with Gasteiger partial charge in [0, 0.05) is 0 Å². The summed E-state index contributed by atoms with van der Waals surface area (Å²) in [5.41, 5.74) is 0. The van der Waals surface area contributed by atoms with Gasteiger partial charge < -0.3 is 9.41 Å². The van der Waals surface area contributed by atoms with E-state index in [1.165, 1.54) is 51.4 Å². The Hall–Kier alpha value is 0.137. The molecule has 2 aliphatic carbocycles. The second kappa shape index (κ2) is 6.77. The zero-order chi connectivity index (χ0) is 11.2. The highest BCUT2D eigenvalue weighted by atomic mass is 28.2. The zero-order valence-electron chi connectivity index (χ0n) is 10.7. The Balaban J connectivity index is 1.83. The Bertz CT molecular complexity index is 172. The molecule has 0 spiro atoms. The lowest BCUT2D eigenvalue weighted by molar-refractivity contribution is 0.0808. The average molecular weight is 241 g/mol. The standard InChI is InChI=1S/C13H27NOSi/c1-2-14-16-15-13(11-7-3-4-8-11)12-9-5-6-10-12/h11-14H,2-10,16H2,1H3. The molecule has 2 fully saturated rings. The topological polar surface area (TPSA) is 21.3 Å². The molecule has 0 unspecified atom stereocenters. The van der Waals surface area contributed by atoms with E-state index in [0.717, 1.165) is 18.4 Å². The maximum absolute atomic E-state index is 6.28. The van der Waals surface area contributed by atoms with Gasteiger partial charge in [-0.15, -0.1) is 0 Å². The van der Waals surface area contributed by atoms with E-state index >= 15 is 0 Å². The summed E-state index contributed by atoms with van der Waals surface area (Å²) >= 11 is 0. The molecule has 16 heavy (non-hydrogen) atoms. The molecular formula is C13H27NOSi. The Kier molecular flexibility index (Phi) is 5.33. The van der Waals surface area contributed by atoms with Gasteiger partial charge in [-0.05, 0) is 44.1 Å². The second-order valence-electron chi connectivity index (χ2n) is 5.47. The predicted molar refractivity (Wildman–Crippen MR) is 71.0 cm³/mol. The van der Waals surface area contributed by atoms with Gasteiger partial charge in [0.25, 0.3) is 0 Å². The summed E-state index contributed by atoms with van der Waals surface area (Å²) in [5.74, 6) is 1.79. The molecule has 0 aliphatic heterocycles. The summed E-state index contributed by atoms with van der Waals surface area (Å²) in [4.78, 5) is 3.44. The van der Waals surface area contributed by atoms with E-state index in [2.05, 4.69) is 11.9 Å². The minimum Gasteiger partial charge on any atom is -0.405 e. The molecule has 2 saturated carbocycles. The molecule has 0 saturated heterocycles. The summed E-state index contributed by atoms with van der Waals surface area (Å²) in [6.07, 6.45) is 12.1. The van der Waals surface area contributed by atoms with Gasteiger partial charge in [-0.2, -0.15) is 0 Å². The third-order valence-corrected chi connectivity index (χ3v) is 5.61. The molecular weight excluding hydrogens is 214 g/mol. The molecule has 3 heteroatoms. The summed E-state index contributed by atoms with van der Waals surface area (Å²) in [6.45, 7) is 3.25. The van der Waals surface area contributed by atoms with Crippen LogP contribution in [0.25, 0.3) is 0 Å². The summed E-state index contributed by atoms with van der Waals surface area (Å²) < 4.78 is 6.28. The maximum atomic E-state index is 6.28. The maximum Gasteiger partial charge on any atom is 0.236 e. The minimum atomic E-state index is -0.453. The van der Waals surface area contributed by atoms with Crippen molar-refractivity contribution in [2.24, 2.45) is 11.8 Å². The van der Waals surface area contributed by atoms with Crippen LogP contribution in [0.5, 0.6) is 0 Å². The monoisotopic (exact) mass is 241 g/mol. The Morgan fingerprint density at radius 2 is 1.56 bits per heavy atom. The van der Waals surface area contributed by atoms with Crippen LogP contribution in [0.15, 0.2) is 0 Å². The number of hydrogen-bond donors (Lipinski definition) is 1. The second-order valence-corrected chi connectivity index (χ2v) is 6.59. The number of hydrogen-bond acceptors (Lipinski definition) is 2. The van der Waals surface area contributed by atoms with E-state index in [0.29, 0.717) is 6.10 Å². The Morgan fingerprint density at radius 1 is 1.06 bits per heavy atom. The third-order valence-electron chi connectivity index (χ3n) is 4.36. The van der Waals surface area contributed by atoms with Crippen molar-refractivity contribution in [2.75, 3.05) is 6.54 Å². The van der Waals surface area contributed by atoms with Crippen molar-refractivity contribution < 1.29 is 4.43 Å². The van der Waals surface area contributed by atoms with Crippen LogP contribution in [0.2, 0.25) is 0 Å². The average Bonchev–Trinajstić information content (AvgIpc) is 2.97. The van der Waals surface area contributed by atoms with Crippen LogP contribution in [-0.4, -0.2) is 22.6 Å². The van der Waals surface area contributed by atoms with Crippen molar-refractivity contribution in [1.82, 2.24) is 4.98 Å². The van der Waals surface area contributed by atoms with Gasteiger partial charge in [-0.25, -0.2) is 0 Å².